The van der Waals surface area contributed by atoms with E-state index in [0.29, 0.717) is 12.0 Å². The van der Waals surface area contributed by atoms with E-state index in [1.54, 1.807) is 0 Å². The van der Waals surface area contributed by atoms with Crippen molar-refractivity contribution >= 4 is 23.2 Å². The first-order valence-corrected chi connectivity index (χ1v) is 8.67. The molecule has 20 heavy (non-hydrogen) atoms. The third-order valence-electron chi connectivity index (χ3n) is 4.30. The standard InChI is InChI=1S/C17H25Cl2N/c1-2-12-20-17(13-8-5-3-4-6-9-13)16-14(18)10-7-11-15(16)19/h7,10-11,13,17,20H,2-6,8-9,12H2,1H3. The SMILES string of the molecule is CCCNC(c1c(Cl)cccc1Cl)C1CCCCCC1. The summed E-state index contributed by atoms with van der Waals surface area (Å²) in [6.07, 6.45) is 9.09. The summed E-state index contributed by atoms with van der Waals surface area (Å²) in [5.74, 6) is 0.654. The van der Waals surface area contributed by atoms with E-state index < -0.39 is 0 Å². The molecule has 1 aliphatic rings. The molecule has 1 aromatic carbocycles. The Hall–Kier alpha value is -0.240. The predicted octanol–water partition coefficient (Wildman–Crippen LogP) is 6.00. The largest absolute Gasteiger partial charge is 0.310 e. The van der Waals surface area contributed by atoms with Crippen molar-refractivity contribution in [2.45, 2.75) is 57.9 Å². The fraction of sp³-hybridized carbons (Fsp3) is 0.647. The summed E-state index contributed by atoms with van der Waals surface area (Å²) in [5.41, 5.74) is 1.11. The minimum absolute atomic E-state index is 0.300. The Balaban J connectivity index is 2.25. The average Bonchev–Trinajstić information content (AvgIpc) is 2.71. The van der Waals surface area contributed by atoms with E-state index in [9.17, 15) is 0 Å². The highest BCUT2D eigenvalue weighted by Crippen LogP contribution is 2.39. The molecule has 0 saturated heterocycles. The van der Waals surface area contributed by atoms with Crippen molar-refractivity contribution in [2.24, 2.45) is 5.92 Å². The minimum atomic E-state index is 0.300. The van der Waals surface area contributed by atoms with Crippen molar-refractivity contribution in [2.75, 3.05) is 6.54 Å². The molecule has 3 heteroatoms. The van der Waals surface area contributed by atoms with E-state index in [1.165, 1.54) is 38.5 Å². The van der Waals surface area contributed by atoms with E-state index in [2.05, 4.69) is 12.2 Å². The van der Waals surface area contributed by atoms with E-state index >= 15 is 0 Å². The smallest absolute Gasteiger partial charge is 0.0468 e. The highest BCUT2D eigenvalue weighted by molar-refractivity contribution is 6.36. The van der Waals surface area contributed by atoms with Gasteiger partial charge < -0.3 is 5.32 Å². The van der Waals surface area contributed by atoms with Crippen LogP contribution in [0.1, 0.15) is 63.5 Å². The third-order valence-corrected chi connectivity index (χ3v) is 4.96. The van der Waals surface area contributed by atoms with Crippen LogP contribution in [0.3, 0.4) is 0 Å². The number of hydrogen-bond acceptors (Lipinski definition) is 1. The summed E-state index contributed by atoms with van der Waals surface area (Å²) >= 11 is 12.9. The van der Waals surface area contributed by atoms with Gasteiger partial charge >= 0.3 is 0 Å². The molecule has 1 aliphatic carbocycles. The lowest BCUT2D eigenvalue weighted by Gasteiger charge is -2.29. The van der Waals surface area contributed by atoms with Crippen LogP contribution in [0, 0.1) is 5.92 Å². The molecule has 1 atom stereocenters. The molecule has 0 amide bonds. The average molecular weight is 314 g/mol. The lowest BCUT2D eigenvalue weighted by Crippen LogP contribution is -2.29. The second-order valence-corrected chi connectivity index (χ2v) is 6.63. The molecule has 0 spiro atoms. The maximum Gasteiger partial charge on any atom is 0.0468 e. The topological polar surface area (TPSA) is 12.0 Å². The first-order chi connectivity index (χ1) is 9.74. The first-order valence-electron chi connectivity index (χ1n) is 7.91. The highest BCUT2D eigenvalue weighted by atomic mass is 35.5. The van der Waals surface area contributed by atoms with Crippen molar-refractivity contribution < 1.29 is 0 Å². The number of nitrogens with one attached hydrogen (secondary N) is 1. The van der Waals surface area contributed by atoms with Crippen LogP contribution in [0.5, 0.6) is 0 Å². The molecule has 0 radical (unpaired) electrons. The van der Waals surface area contributed by atoms with E-state index in [-0.39, 0.29) is 0 Å². The maximum absolute atomic E-state index is 6.44. The van der Waals surface area contributed by atoms with Gasteiger partial charge in [-0.05, 0) is 43.9 Å². The van der Waals surface area contributed by atoms with Crippen LogP contribution in [-0.4, -0.2) is 6.54 Å². The summed E-state index contributed by atoms with van der Waals surface area (Å²) in [6, 6.07) is 6.15. The zero-order valence-electron chi connectivity index (χ0n) is 12.3. The van der Waals surface area contributed by atoms with E-state index in [1.807, 2.05) is 18.2 Å². The normalized spacial score (nSPS) is 18.8. The molecule has 0 heterocycles. The fourth-order valence-corrected chi connectivity index (χ4v) is 3.89. The second kappa shape index (κ2) is 8.26. The number of benzene rings is 1. The van der Waals surface area contributed by atoms with E-state index in [0.717, 1.165) is 28.6 Å². The molecule has 1 saturated carbocycles. The van der Waals surface area contributed by atoms with Crippen LogP contribution < -0.4 is 5.32 Å². The predicted molar refractivity (Wildman–Crippen MR) is 88.7 cm³/mol. The quantitative estimate of drug-likeness (QED) is 0.657. The Morgan fingerprint density at radius 2 is 1.70 bits per heavy atom. The molecule has 1 fully saturated rings. The van der Waals surface area contributed by atoms with Crippen LogP contribution in [0.2, 0.25) is 10.0 Å². The fourth-order valence-electron chi connectivity index (χ4n) is 3.26. The molecule has 1 unspecified atom stereocenters. The van der Waals surface area contributed by atoms with Gasteiger partial charge in [0.25, 0.3) is 0 Å². The van der Waals surface area contributed by atoms with E-state index in [4.69, 9.17) is 23.2 Å². The third kappa shape index (κ3) is 4.13. The van der Waals surface area contributed by atoms with Gasteiger partial charge in [-0.15, -0.1) is 0 Å². The van der Waals surface area contributed by atoms with Gasteiger partial charge in [-0.1, -0.05) is 61.9 Å². The Morgan fingerprint density at radius 1 is 1.10 bits per heavy atom. The van der Waals surface area contributed by atoms with Crippen LogP contribution >= 0.6 is 23.2 Å². The minimum Gasteiger partial charge on any atom is -0.310 e. The van der Waals surface area contributed by atoms with Crippen molar-refractivity contribution in [3.05, 3.63) is 33.8 Å². The number of rotatable bonds is 5. The molecule has 0 aliphatic heterocycles. The molecular formula is C17H25Cl2N. The Morgan fingerprint density at radius 3 is 2.25 bits per heavy atom. The molecule has 0 aromatic heterocycles. The first kappa shape index (κ1) is 16.1. The summed E-state index contributed by atoms with van der Waals surface area (Å²) < 4.78 is 0. The van der Waals surface area contributed by atoms with Crippen molar-refractivity contribution in [1.82, 2.24) is 5.32 Å². The summed E-state index contributed by atoms with van der Waals surface area (Å²) in [6.45, 7) is 3.22. The van der Waals surface area contributed by atoms with Gasteiger partial charge in [0.05, 0.1) is 0 Å². The molecule has 1 aromatic rings. The molecule has 1 N–H and O–H groups in total. The molecular weight excluding hydrogens is 289 g/mol. The number of hydrogen-bond donors (Lipinski definition) is 1. The van der Waals surface area contributed by atoms with Crippen LogP contribution in [0.4, 0.5) is 0 Å². The summed E-state index contributed by atoms with van der Waals surface area (Å²) in [7, 11) is 0. The van der Waals surface area contributed by atoms with Crippen molar-refractivity contribution in [3.63, 3.8) is 0 Å². The Kier molecular flexibility index (Phi) is 6.67. The molecule has 0 bridgehead atoms. The molecule has 112 valence electrons. The van der Waals surface area contributed by atoms with Crippen molar-refractivity contribution in [3.8, 4) is 0 Å². The van der Waals surface area contributed by atoms with Gasteiger partial charge in [0.15, 0.2) is 0 Å². The number of halogens is 2. The molecule has 1 nitrogen and oxygen atoms in total. The summed E-state index contributed by atoms with van der Waals surface area (Å²) in [4.78, 5) is 0. The summed E-state index contributed by atoms with van der Waals surface area (Å²) in [5, 5.41) is 5.30. The maximum atomic E-state index is 6.44. The second-order valence-electron chi connectivity index (χ2n) is 5.82. The monoisotopic (exact) mass is 313 g/mol. The van der Waals surface area contributed by atoms with Gasteiger partial charge in [0.2, 0.25) is 0 Å². The Bertz CT molecular complexity index is 391. The zero-order chi connectivity index (χ0) is 14.4. The van der Waals surface area contributed by atoms with Crippen LogP contribution in [-0.2, 0) is 0 Å². The van der Waals surface area contributed by atoms with Crippen LogP contribution in [0.15, 0.2) is 18.2 Å². The van der Waals surface area contributed by atoms with Gasteiger partial charge in [0.1, 0.15) is 0 Å². The van der Waals surface area contributed by atoms with Crippen LogP contribution in [0.25, 0.3) is 0 Å². The van der Waals surface area contributed by atoms with Gasteiger partial charge in [-0.3, -0.25) is 0 Å². The Labute approximate surface area is 133 Å². The lowest BCUT2D eigenvalue weighted by atomic mass is 9.87. The lowest BCUT2D eigenvalue weighted by molar-refractivity contribution is 0.326. The van der Waals surface area contributed by atoms with Crippen molar-refractivity contribution in [1.29, 1.82) is 0 Å². The highest BCUT2D eigenvalue weighted by Gasteiger charge is 2.27. The zero-order valence-corrected chi connectivity index (χ0v) is 13.8. The van der Waals surface area contributed by atoms with Gasteiger partial charge in [0, 0.05) is 21.7 Å². The van der Waals surface area contributed by atoms with Gasteiger partial charge in [-0.25, -0.2) is 0 Å². The van der Waals surface area contributed by atoms with Gasteiger partial charge in [-0.2, -0.15) is 0 Å². The molecule has 2 rings (SSSR count).